The third-order valence-corrected chi connectivity index (χ3v) is 2.53. The molecule has 19 heavy (non-hydrogen) atoms. The topological polar surface area (TPSA) is 73.1 Å². The maximum Gasteiger partial charge on any atom is 0.226 e. The normalized spacial score (nSPS) is 11.4. The zero-order valence-corrected chi connectivity index (χ0v) is 11.6. The van der Waals surface area contributed by atoms with Crippen molar-refractivity contribution in [3.05, 3.63) is 30.1 Å². The molecular formula is C13H18N4O2. The summed E-state index contributed by atoms with van der Waals surface area (Å²) >= 11 is 0. The van der Waals surface area contributed by atoms with Gasteiger partial charge in [-0.1, -0.05) is 20.8 Å². The first-order chi connectivity index (χ1) is 8.99. The van der Waals surface area contributed by atoms with Crippen LogP contribution in [0, 0.1) is 0 Å². The molecule has 0 saturated carbocycles. The second-order valence-corrected chi connectivity index (χ2v) is 5.14. The van der Waals surface area contributed by atoms with Gasteiger partial charge in [0.2, 0.25) is 17.7 Å². The van der Waals surface area contributed by atoms with Gasteiger partial charge in [-0.2, -0.15) is 4.98 Å². The summed E-state index contributed by atoms with van der Waals surface area (Å²) in [6.07, 6.45) is 3.38. The number of aromatic nitrogens is 3. The Hall–Kier alpha value is -2.11. The minimum atomic E-state index is -0.0439. The van der Waals surface area contributed by atoms with Crippen LogP contribution >= 0.6 is 0 Å². The van der Waals surface area contributed by atoms with Crippen molar-refractivity contribution in [1.82, 2.24) is 15.0 Å². The Morgan fingerprint density at radius 2 is 2.11 bits per heavy atom. The number of hydrogen-bond donors (Lipinski definition) is 1. The average molecular weight is 262 g/mol. The Kier molecular flexibility index (Phi) is 3.69. The number of hydrogen-bond acceptors (Lipinski definition) is 6. The number of nitrogens with zero attached hydrogens (tertiary/aromatic N) is 3. The smallest absolute Gasteiger partial charge is 0.226 e. The molecule has 0 amide bonds. The molecule has 0 aliphatic heterocycles. The lowest BCUT2D eigenvalue weighted by atomic mass is 9.94. The fourth-order valence-corrected chi connectivity index (χ4v) is 1.43. The van der Waals surface area contributed by atoms with Gasteiger partial charge in [-0.05, 0) is 0 Å². The Labute approximate surface area is 112 Å². The van der Waals surface area contributed by atoms with Crippen molar-refractivity contribution < 1.29 is 9.15 Å². The van der Waals surface area contributed by atoms with Crippen molar-refractivity contribution in [2.45, 2.75) is 32.7 Å². The van der Waals surface area contributed by atoms with Gasteiger partial charge in [0.25, 0.3) is 0 Å². The minimum Gasteiger partial charge on any atom is -0.481 e. The molecule has 2 aromatic heterocycles. The molecule has 1 N–H and O–H groups in total. The molecule has 0 spiro atoms. The molecule has 0 bridgehead atoms. The maximum absolute atomic E-state index is 5.67. The number of rotatable bonds is 4. The summed E-state index contributed by atoms with van der Waals surface area (Å²) < 4.78 is 10.7. The van der Waals surface area contributed by atoms with Gasteiger partial charge in [0.1, 0.15) is 5.76 Å². The molecule has 0 unspecified atom stereocenters. The number of anilines is 1. The van der Waals surface area contributed by atoms with Crippen LogP contribution in [0.1, 0.15) is 32.4 Å². The lowest BCUT2D eigenvalue weighted by molar-refractivity contribution is 0.385. The van der Waals surface area contributed by atoms with Crippen LogP contribution in [0.25, 0.3) is 0 Å². The van der Waals surface area contributed by atoms with Crippen molar-refractivity contribution in [2.24, 2.45) is 0 Å². The van der Waals surface area contributed by atoms with E-state index in [0.29, 0.717) is 24.3 Å². The van der Waals surface area contributed by atoms with Crippen LogP contribution in [-0.2, 0) is 12.0 Å². The number of oxazole rings is 1. The maximum atomic E-state index is 5.67. The summed E-state index contributed by atoms with van der Waals surface area (Å²) in [7, 11) is 1.57. The highest BCUT2D eigenvalue weighted by atomic mass is 16.5. The fourth-order valence-electron chi connectivity index (χ4n) is 1.43. The lowest BCUT2D eigenvalue weighted by Crippen LogP contribution is -2.09. The van der Waals surface area contributed by atoms with E-state index in [9.17, 15) is 0 Å². The Morgan fingerprint density at radius 1 is 1.32 bits per heavy atom. The fraction of sp³-hybridized carbons (Fsp3) is 0.462. The summed E-state index contributed by atoms with van der Waals surface area (Å²) in [6.45, 7) is 6.67. The largest absolute Gasteiger partial charge is 0.481 e. The van der Waals surface area contributed by atoms with E-state index in [2.05, 4.69) is 41.0 Å². The average Bonchev–Trinajstić information content (AvgIpc) is 2.85. The van der Waals surface area contributed by atoms with Crippen molar-refractivity contribution >= 4 is 5.95 Å². The van der Waals surface area contributed by atoms with Crippen LogP contribution in [-0.4, -0.2) is 22.1 Å². The minimum absolute atomic E-state index is 0.0439. The highest BCUT2D eigenvalue weighted by Crippen LogP contribution is 2.22. The second-order valence-electron chi connectivity index (χ2n) is 5.14. The predicted molar refractivity (Wildman–Crippen MR) is 71.1 cm³/mol. The van der Waals surface area contributed by atoms with E-state index >= 15 is 0 Å². The standard InChI is InChI=1S/C13H18N4O2/c1-13(2,3)9-7-15-11(19-9)8-16-12-14-6-5-10(17-12)18-4/h5-7H,8H2,1-4H3,(H,14,16,17). The lowest BCUT2D eigenvalue weighted by Gasteiger charge is -2.13. The zero-order chi connectivity index (χ0) is 13.9. The van der Waals surface area contributed by atoms with Crippen LogP contribution in [0.4, 0.5) is 5.95 Å². The first-order valence-corrected chi connectivity index (χ1v) is 6.05. The molecule has 0 fully saturated rings. The molecule has 0 aliphatic rings. The second kappa shape index (κ2) is 5.26. The zero-order valence-electron chi connectivity index (χ0n) is 11.6. The van der Waals surface area contributed by atoms with Gasteiger partial charge >= 0.3 is 0 Å². The molecule has 0 atom stereocenters. The van der Waals surface area contributed by atoms with Crippen molar-refractivity contribution in [3.63, 3.8) is 0 Å². The SMILES string of the molecule is COc1ccnc(NCc2ncc(C(C)(C)C)o2)n1. The number of methoxy groups -OCH3 is 1. The van der Waals surface area contributed by atoms with Crippen LogP contribution in [0.2, 0.25) is 0 Å². The Balaban J connectivity index is 2.00. The summed E-state index contributed by atoms with van der Waals surface area (Å²) in [6, 6.07) is 1.69. The van der Waals surface area contributed by atoms with E-state index in [4.69, 9.17) is 9.15 Å². The van der Waals surface area contributed by atoms with Crippen molar-refractivity contribution in [1.29, 1.82) is 0 Å². The van der Waals surface area contributed by atoms with Gasteiger partial charge in [0, 0.05) is 17.7 Å². The molecular weight excluding hydrogens is 244 g/mol. The van der Waals surface area contributed by atoms with Crippen molar-refractivity contribution in [3.8, 4) is 5.88 Å². The summed E-state index contributed by atoms with van der Waals surface area (Å²) in [5.74, 6) is 2.46. The predicted octanol–water partition coefficient (Wildman–Crippen LogP) is 2.38. The van der Waals surface area contributed by atoms with Gasteiger partial charge in [0.15, 0.2) is 0 Å². The first-order valence-electron chi connectivity index (χ1n) is 6.05. The third-order valence-electron chi connectivity index (χ3n) is 2.53. The van der Waals surface area contributed by atoms with Gasteiger partial charge in [-0.15, -0.1) is 0 Å². The van der Waals surface area contributed by atoms with Gasteiger partial charge in [-0.25, -0.2) is 9.97 Å². The monoisotopic (exact) mass is 262 g/mol. The van der Waals surface area contributed by atoms with E-state index in [1.807, 2.05) is 0 Å². The highest BCUT2D eigenvalue weighted by Gasteiger charge is 2.19. The molecule has 2 aromatic rings. The number of ether oxygens (including phenoxy) is 1. The van der Waals surface area contributed by atoms with Crippen LogP contribution in [0.3, 0.4) is 0 Å². The molecule has 102 valence electrons. The Bertz CT molecular complexity index is 546. The molecule has 0 aromatic carbocycles. The quantitative estimate of drug-likeness (QED) is 0.912. The van der Waals surface area contributed by atoms with Crippen LogP contribution in [0.15, 0.2) is 22.9 Å². The summed E-state index contributed by atoms with van der Waals surface area (Å²) in [5.41, 5.74) is -0.0439. The third kappa shape index (κ3) is 3.43. The van der Waals surface area contributed by atoms with E-state index in [1.165, 1.54) is 0 Å². The Morgan fingerprint density at radius 3 is 2.74 bits per heavy atom. The highest BCUT2D eigenvalue weighted by molar-refractivity contribution is 5.27. The van der Waals surface area contributed by atoms with E-state index < -0.39 is 0 Å². The van der Waals surface area contributed by atoms with Crippen LogP contribution < -0.4 is 10.1 Å². The van der Waals surface area contributed by atoms with E-state index in [0.717, 1.165) is 5.76 Å². The molecule has 6 heteroatoms. The van der Waals surface area contributed by atoms with E-state index in [-0.39, 0.29) is 5.41 Å². The number of nitrogens with one attached hydrogen (secondary N) is 1. The molecule has 6 nitrogen and oxygen atoms in total. The van der Waals surface area contributed by atoms with Crippen LogP contribution in [0.5, 0.6) is 5.88 Å². The van der Waals surface area contributed by atoms with E-state index in [1.54, 1.807) is 25.6 Å². The molecule has 2 rings (SSSR count). The molecule has 0 aliphatic carbocycles. The molecule has 0 radical (unpaired) electrons. The molecule has 2 heterocycles. The van der Waals surface area contributed by atoms with Gasteiger partial charge in [0.05, 0.1) is 19.9 Å². The summed E-state index contributed by atoms with van der Waals surface area (Å²) in [5, 5.41) is 3.04. The molecule has 0 saturated heterocycles. The summed E-state index contributed by atoms with van der Waals surface area (Å²) in [4.78, 5) is 12.5. The van der Waals surface area contributed by atoms with Gasteiger partial charge in [-0.3, -0.25) is 0 Å². The van der Waals surface area contributed by atoms with Crippen molar-refractivity contribution in [2.75, 3.05) is 12.4 Å². The first kappa shape index (κ1) is 13.3. The van der Waals surface area contributed by atoms with Gasteiger partial charge < -0.3 is 14.5 Å².